The number of anilines is 1. The fourth-order valence-electron chi connectivity index (χ4n) is 1.33. The van der Waals surface area contributed by atoms with Gasteiger partial charge in [-0.1, -0.05) is 15.9 Å². The number of nitrogens with two attached hydrogens (primary N) is 1. The maximum absolute atomic E-state index is 11.2. The first-order valence-electron chi connectivity index (χ1n) is 4.18. The van der Waals surface area contributed by atoms with Gasteiger partial charge in [0.25, 0.3) is 0 Å². The molecule has 78 valence electrons. The SMILES string of the molecule is COc1cc(Br)cc2cc(N)c(=O)oc12. The standard InChI is InChI=1S/C10H8BrNO3/c1-14-8-4-6(11)2-5-3-7(12)10(13)15-9(5)8/h2-4H,12H2,1H3. The van der Waals surface area contributed by atoms with E-state index >= 15 is 0 Å². The maximum atomic E-state index is 11.2. The molecular formula is C10H8BrNO3. The summed E-state index contributed by atoms with van der Waals surface area (Å²) in [5.74, 6) is 0.497. The number of methoxy groups -OCH3 is 1. The Kier molecular flexibility index (Phi) is 2.40. The van der Waals surface area contributed by atoms with Crippen molar-refractivity contribution >= 4 is 32.6 Å². The highest BCUT2D eigenvalue weighted by Crippen LogP contribution is 2.29. The van der Waals surface area contributed by atoms with Gasteiger partial charge in [0, 0.05) is 9.86 Å². The van der Waals surface area contributed by atoms with Gasteiger partial charge in [0.1, 0.15) is 5.69 Å². The van der Waals surface area contributed by atoms with E-state index in [4.69, 9.17) is 14.9 Å². The van der Waals surface area contributed by atoms with Gasteiger partial charge in [-0.3, -0.25) is 0 Å². The predicted octanol–water partition coefficient (Wildman–Crippen LogP) is 2.15. The average Bonchev–Trinajstić information content (AvgIpc) is 2.19. The summed E-state index contributed by atoms with van der Waals surface area (Å²) in [6.07, 6.45) is 0. The zero-order valence-electron chi connectivity index (χ0n) is 7.91. The highest BCUT2D eigenvalue weighted by molar-refractivity contribution is 9.10. The van der Waals surface area contributed by atoms with Gasteiger partial charge in [0.2, 0.25) is 0 Å². The molecule has 0 saturated carbocycles. The Morgan fingerprint density at radius 3 is 2.80 bits per heavy atom. The van der Waals surface area contributed by atoms with Crippen LogP contribution in [-0.2, 0) is 0 Å². The molecule has 2 rings (SSSR count). The van der Waals surface area contributed by atoms with Crippen LogP contribution in [-0.4, -0.2) is 7.11 Å². The Morgan fingerprint density at radius 1 is 1.40 bits per heavy atom. The van der Waals surface area contributed by atoms with Crippen molar-refractivity contribution in [3.63, 3.8) is 0 Å². The van der Waals surface area contributed by atoms with E-state index in [0.717, 1.165) is 9.86 Å². The van der Waals surface area contributed by atoms with E-state index in [9.17, 15) is 4.79 Å². The topological polar surface area (TPSA) is 65.5 Å². The lowest BCUT2D eigenvalue weighted by Crippen LogP contribution is -2.06. The van der Waals surface area contributed by atoms with Crippen molar-refractivity contribution < 1.29 is 9.15 Å². The molecule has 0 saturated heterocycles. The molecule has 0 atom stereocenters. The molecule has 0 spiro atoms. The molecular weight excluding hydrogens is 262 g/mol. The number of rotatable bonds is 1. The van der Waals surface area contributed by atoms with Gasteiger partial charge < -0.3 is 14.9 Å². The molecule has 0 amide bonds. The lowest BCUT2D eigenvalue weighted by molar-refractivity contribution is 0.407. The Labute approximate surface area is 93.8 Å². The second-order valence-corrected chi connectivity index (χ2v) is 3.93. The van der Waals surface area contributed by atoms with Crippen molar-refractivity contribution in [1.29, 1.82) is 0 Å². The highest BCUT2D eigenvalue weighted by Gasteiger charge is 2.08. The maximum Gasteiger partial charge on any atom is 0.359 e. The van der Waals surface area contributed by atoms with Gasteiger partial charge in [-0.25, -0.2) is 4.79 Å². The Hall–Kier alpha value is -1.49. The van der Waals surface area contributed by atoms with Crippen LogP contribution < -0.4 is 16.1 Å². The Morgan fingerprint density at radius 2 is 2.13 bits per heavy atom. The first-order valence-corrected chi connectivity index (χ1v) is 4.98. The van der Waals surface area contributed by atoms with Crippen LogP contribution in [0, 0.1) is 0 Å². The summed E-state index contributed by atoms with van der Waals surface area (Å²) in [7, 11) is 1.51. The lowest BCUT2D eigenvalue weighted by Gasteiger charge is -2.05. The van der Waals surface area contributed by atoms with Crippen molar-refractivity contribution in [2.75, 3.05) is 12.8 Å². The van der Waals surface area contributed by atoms with Gasteiger partial charge in [0.15, 0.2) is 11.3 Å². The van der Waals surface area contributed by atoms with Crippen LogP contribution in [0.5, 0.6) is 5.75 Å². The van der Waals surface area contributed by atoms with Crippen LogP contribution >= 0.6 is 15.9 Å². The molecule has 15 heavy (non-hydrogen) atoms. The summed E-state index contributed by atoms with van der Waals surface area (Å²) < 4.78 is 11.0. The fourth-order valence-corrected chi connectivity index (χ4v) is 1.79. The molecule has 2 aromatic rings. The minimum absolute atomic E-state index is 0.0858. The van der Waals surface area contributed by atoms with Crippen molar-refractivity contribution in [2.24, 2.45) is 0 Å². The van der Waals surface area contributed by atoms with E-state index in [1.165, 1.54) is 7.11 Å². The monoisotopic (exact) mass is 269 g/mol. The molecule has 1 heterocycles. The third-order valence-corrected chi connectivity index (χ3v) is 2.47. The summed E-state index contributed by atoms with van der Waals surface area (Å²) in [6, 6.07) is 5.09. The first-order chi connectivity index (χ1) is 7.11. The quantitative estimate of drug-likeness (QED) is 0.806. The molecule has 0 aliphatic heterocycles. The second-order valence-electron chi connectivity index (χ2n) is 3.02. The number of hydrogen-bond donors (Lipinski definition) is 1. The van der Waals surface area contributed by atoms with Gasteiger partial charge >= 0.3 is 5.63 Å². The number of hydrogen-bond acceptors (Lipinski definition) is 4. The molecule has 0 unspecified atom stereocenters. The number of halogens is 1. The first kappa shape index (κ1) is 10.0. The highest BCUT2D eigenvalue weighted by atomic mass is 79.9. The third-order valence-electron chi connectivity index (χ3n) is 2.01. The number of benzene rings is 1. The normalized spacial score (nSPS) is 10.5. The third kappa shape index (κ3) is 1.70. The molecule has 4 nitrogen and oxygen atoms in total. The van der Waals surface area contributed by atoms with E-state index in [0.29, 0.717) is 11.3 Å². The minimum Gasteiger partial charge on any atom is -0.493 e. The fraction of sp³-hybridized carbons (Fsp3) is 0.100. The van der Waals surface area contributed by atoms with Crippen molar-refractivity contribution in [3.8, 4) is 5.75 Å². The van der Waals surface area contributed by atoms with E-state index in [1.54, 1.807) is 18.2 Å². The molecule has 0 bridgehead atoms. The predicted molar refractivity (Wildman–Crippen MR) is 61.1 cm³/mol. The van der Waals surface area contributed by atoms with E-state index in [2.05, 4.69) is 15.9 Å². The zero-order valence-corrected chi connectivity index (χ0v) is 9.50. The van der Waals surface area contributed by atoms with Crippen LogP contribution in [0.4, 0.5) is 5.69 Å². The van der Waals surface area contributed by atoms with Gasteiger partial charge in [-0.05, 0) is 18.2 Å². The second kappa shape index (κ2) is 3.58. The number of fused-ring (bicyclic) bond motifs is 1. The lowest BCUT2D eigenvalue weighted by atomic mass is 10.2. The summed E-state index contributed by atoms with van der Waals surface area (Å²) in [5, 5.41) is 0.721. The Balaban J connectivity index is 2.91. The molecule has 5 heteroatoms. The molecule has 0 fully saturated rings. The average molecular weight is 270 g/mol. The minimum atomic E-state index is -0.553. The van der Waals surface area contributed by atoms with Crippen LogP contribution in [0.2, 0.25) is 0 Å². The number of ether oxygens (including phenoxy) is 1. The molecule has 1 aromatic heterocycles. The molecule has 1 aromatic carbocycles. The molecule has 2 N–H and O–H groups in total. The van der Waals surface area contributed by atoms with Crippen molar-refractivity contribution in [2.45, 2.75) is 0 Å². The summed E-state index contributed by atoms with van der Waals surface area (Å²) >= 11 is 3.33. The van der Waals surface area contributed by atoms with Crippen molar-refractivity contribution in [3.05, 3.63) is 33.1 Å². The van der Waals surface area contributed by atoms with Gasteiger partial charge in [0.05, 0.1) is 7.11 Å². The largest absolute Gasteiger partial charge is 0.493 e. The van der Waals surface area contributed by atoms with Crippen LogP contribution in [0.15, 0.2) is 31.9 Å². The summed E-state index contributed by atoms with van der Waals surface area (Å²) in [5.41, 5.74) is 5.40. The zero-order chi connectivity index (χ0) is 11.0. The number of nitrogen functional groups attached to an aromatic ring is 1. The molecule has 0 aliphatic carbocycles. The molecule has 0 radical (unpaired) electrons. The van der Waals surface area contributed by atoms with E-state index < -0.39 is 5.63 Å². The smallest absolute Gasteiger partial charge is 0.359 e. The summed E-state index contributed by atoms with van der Waals surface area (Å²) in [6.45, 7) is 0. The van der Waals surface area contributed by atoms with Gasteiger partial charge in [-0.15, -0.1) is 0 Å². The van der Waals surface area contributed by atoms with Gasteiger partial charge in [-0.2, -0.15) is 0 Å². The molecule has 0 aliphatic rings. The van der Waals surface area contributed by atoms with Crippen LogP contribution in [0.1, 0.15) is 0 Å². The Bertz CT molecular complexity index is 577. The van der Waals surface area contributed by atoms with E-state index in [-0.39, 0.29) is 5.69 Å². The van der Waals surface area contributed by atoms with E-state index in [1.807, 2.05) is 0 Å². The van der Waals surface area contributed by atoms with Crippen molar-refractivity contribution in [1.82, 2.24) is 0 Å². The summed E-state index contributed by atoms with van der Waals surface area (Å²) in [4.78, 5) is 11.2. The van der Waals surface area contributed by atoms with Crippen LogP contribution in [0.3, 0.4) is 0 Å². The van der Waals surface area contributed by atoms with Crippen LogP contribution in [0.25, 0.3) is 11.0 Å².